The predicted octanol–water partition coefficient (Wildman–Crippen LogP) is 0.646. The fraction of sp³-hybridized carbons (Fsp3) is 0.500. The van der Waals surface area contributed by atoms with Gasteiger partial charge in [0.1, 0.15) is 13.2 Å². The lowest BCUT2D eigenvalue weighted by Gasteiger charge is -2.31. The number of fused-ring (bicyclic) bond motifs is 1. The third-order valence-electron chi connectivity index (χ3n) is 6.02. The minimum Gasteiger partial charge on any atom is -0.486 e. The Bertz CT molecular complexity index is 1190. The molecular weight excluding hydrogens is 410 g/mol. The minimum atomic E-state index is -4.10. The van der Waals surface area contributed by atoms with Crippen molar-refractivity contribution in [1.29, 1.82) is 0 Å². The highest BCUT2D eigenvalue weighted by Crippen LogP contribution is 2.44. The molecule has 10 heteroatoms. The van der Waals surface area contributed by atoms with E-state index in [0.29, 0.717) is 24.7 Å². The smallest absolute Gasteiger partial charge is 0.330 e. The summed E-state index contributed by atoms with van der Waals surface area (Å²) >= 11 is 0. The topological polar surface area (TPSA) is 109 Å². The highest BCUT2D eigenvalue weighted by Gasteiger charge is 2.38. The number of rotatable bonds is 5. The molecule has 1 aliphatic carbocycles. The molecule has 1 saturated carbocycles. The molecule has 30 heavy (non-hydrogen) atoms. The van der Waals surface area contributed by atoms with Crippen LogP contribution in [0.4, 0.5) is 0 Å². The average Bonchev–Trinajstić information content (AvgIpc) is 3.23. The standard InChI is InChI=1S/C20H25N3O6S/c1-22-12-17(18(24)23(2)19(22)25)30(26,27)21-13-20(7-3-4-8-20)14-5-6-15-16(11-14)29-10-9-28-15/h5-6,11-12,21H,3-4,7-10,13H2,1-2H3. The maximum atomic E-state index is 12.9. The lowest BCUT2D eigenvalue weighted by Crippen LogP contribution is -2.44. The molecular formula is C20H25N3O6S. The maximum Gasteiger partial charge on any atom is 0.330 e. The van der Waals surface area contributed by atoms with Crippen LogP contribution >= 0.6 is 0 Å². The molecule has 0 amide bonds. The van der Waals surface area contributed by atoms with Crippen LogP contribution < -0.4 is 25.4 Å². The Morgan fingerprint density at radius 3 is 2.43 bits per heavy atom. The second-order valence-electron chi connectivity index (χ2n) is 7.92. The Morgan fingerprint density at radius 1 is 1.07 bits per heavy atom. The van der Waals surface area contributed by atoms with Crippen molar-refractivity contribution < 1.29 is 17.9 Å². The first-order valence-electron chi connectivity index (χ1n) is 9.90. The van der Waals surface area contributed by atoms with Crippen LogP contribution in [0.1, 0.15) is 31.2 Å². The third-order valence-corrected chi connectivity index (χ3v) is 7.40. The largest absolute Gasteiger partial charge is 0.486 e. The fourth-order valence-electron chi connectivity index (χ4n) is 4.26. The number of hydrogen-bond acceptors (Lipinski definition) is 6. The zero-order chi connectivity index (χ0) is 21.5. The number of benzene rings is 1. The maximum absolute atomic E-state index is 12.9. The number of sulfonamides is 1. The molecule has 0 spiro atoms. The summed E-state index contributed by atoms with van der Waals surface area (Å²) in [6, 6.07) is 5.75. The average molecular weight is 436 g/mol. The Labute approximate surface area is 174 Å². The summed E-state index contributed by atoms with van der Waals surface area (Å²) in [5.74, 6) is 1.35. The van der Waals surface area contributed by atoms with Gasteiger partial charge in [-0.15, -0.1) is 0 Å². The first-order chi connectivity index (χ1) is 14.2. The fourth-order valence-corrected chi connectivity index (χ4v) is 5.55. The van der Waals surface area contributed by atoms with Gasteiger partial charge in [-0.05, 0) is 30.5 Å². The number of nitrogens with one attached hydrogen (secondary N) is 1. The second-order valence-corrected chi connectivity index (χ2v) is 9.66. The van der Waals surface area contributed by atoms with Crippen LogP contribution in [-0.4, -0.2) is 37.3 Å². The van der Waals surface area contributed by atoms with E-state index in [1.165, 1.54) is 14.1 Å². The van der Waals surface area contributed by atoms with E-state index in [0.717, 1.165) is 46.6 Å². The van der Waals surface area contributed by atoms with Crippen molar-refractivity contribution in [2.24, 2.45) is 14.1 Å². The Balaban J connectivity index is 1.65. The molecule has 1 aromatic carbocycles. The predicted molar refractivity (Wildman–Crippen MR) is 110 cm³/mol. The van der Waals surface area contributed by atoms with Gasteiger partial charge in [-0.2, -0.15) is 0 Å². The lowest BCUT2D eigenvalue weighted by atomic mass is 9.79. The number of ether oxygens (including phenoxy) is 2. The Hall–Kier alpha value is -2.59. The second kappa shape index (κ2) is 7.59. The van der Waals surface area contributed by atoms with Gasteiger partial charge in [0.15, 0.2) is 16.4 Å². The molecule has 1 aromatic heterocycles. The van der Waals surface area contributed by atoms with Gasteiger partial charge in [-0.3, -0.25) is 9.36 Å². The zero-order valence-electron chi connectivity index (χ0n) is 17.0. The number of hydrogen-bond donors (Lipinski definition) is 1. The molecule has 2 aromatic rings. The van der Waals surface area contributed by atoms with E-state index in [2.05, 4.69) is 4.72 Å². The van der Waals surface area contributed by atoms with Crippen LogP contribution in [0.15, 0.2) is 38.9 Å². The van der Waals surface area contributed by atoms with Crippen LogP contribution in [0.25, 0.3) is 0 Å². The number of nitrogens with zero attached hydrogens (tertiary/aromatic N) is 2. The molecule has 4 rings (SSSR count). The van der Waals surface area contributed by atoms with Crippen molar-refractivity contribution >= 4 is 10.0 Å². The van der Waals surface area contributed by atoms with Crippen molar-refractivity contribution in [3.63, 3.8) is 0 Å². The third kappa shape index (κ3) is 3.54. The van der Waals surface area contributed by atoms with Crippen molar-refractivity contribution in [3.8, 4) is 11.5 Å². The highest BCUT2D eigenvalue weighted by molar-refractivity contribution is 7.89. The van der Waals surface area contributed by atoms with Crippen LogP contribution in [0.3, 0.4) is 0 Å². The van der Waals surface area contributed by atoms with E-state index < -0.39 is 31.6 Å². The van der Waals surface area contributed by atoms with Crippen molar-refractivity contribution in [2.45, 2.75) is 36.0 Å². The Kier molecular flexibility index (Phi) is 5.23. The van der Waals surface area contributed by atoms with E-state index in [9.17, 15) is 18.0 Å². The van der Waals surface area contributed by atoms with E-state index in [1.54, 1.807) is 0 Å². The van der Waals surface area contributed by atoms with Gasteiger partial charge in [0.25, 0.3) is 5.56 Å². The summed E-state index contributed by atoms with van der Waals surface area (Å²) in [5.41, 5.74) is -0.831. The van der Waals surface area contributed by atoms with Crippen molar-refractivity contribution in [2.75, 3.05) is 19.8 Å². The van der Waals surface area contributed by atoms with Gasteiger partial charge in [0, 0.05) is 32.3 Å². The molecule has 1 aliphatic heterocycles. The lowest BCUT2D eigenvalue weighted by molar-refractivity contribution is 0.171. The summed E-state index contributed by atoms with van der Waals surface area (Å²) < 4.78 is 41.7. The molecule has 9 nitrogen and oxygen atoms in total. The number of aryl methyl sites for hydroxylation is 1. The van der Waals surface area contributed by atoms with E-state index in [-0.39, 0.29) is 6.54 Å². The zero-order valence-corrected chi connectivity index (χ0v) is 17.8. The van der Waals surface area contributed by atoms with Crippen LogP contribution in [0.2, 0.25) is 0 Å². The molecule has 2 heterocycles. The molecule has 0 radical (unpaired) electrons. The van der Waals surface area contributed by atoms with Gasteiger partial charge >= 0.3 is 5.69 Å². The minimum absolute atomic E-state index is 0.154. The molecule has 1 N–H and O–H groups in total. The quantitative estimate of drug-likeness (QED) is 0.739. The number of aromatic nitrogens is 2. The van der Waals surface area contributed by atoms with Crippen LogP contribution in [0.5, 0.6) is 11.5 Å². The molecule has 162 valence electrons. The van der Waals surface area contributed by atoms with E-state index in [4.69, 9.17) is 9.47 Å². The van der Waals surface area contributed by atoms with Crippen molar-refractivity contribution in [1.82, 2.24) is 13.9 Å². The van der Waals surface area contributed by atoms with Gasteiger partial charge in [0.2, 0.25) is 10.0 Å². The van der Waals surface area contributed by atoms with E-state index >= 15 is 0 Å². The molecule has 0 unspecified atom stereocenters. The Morgan fingerprint density at radius 2 is 1.73 bits per heavy atom. The molecule has 0 atom stereocenters. The monoisotopic (exact) mass is 435 g/mol. The molecule has 0 bridgehead atoms. The SMILES string of the molecule is Cn1cc(S(=O)(=O)NCC2(c3ccc4c(c3)OCCO4)CCCC2)c(=O)n(C)c1=O. The summed E-state index contributed by atoms with van der Waals surface area (Å²) in [6.07, 6.45) is 4.68. The normalized spacial score (nSPS) is 17.8. The van der Waals surface area contributed by atoms with Gasteiger partial charge in [0.05, 0.1) is 0 Å². The highest BCUT2D eigenvalue weighted by atomic mass is 32.2. The van der Waals surface area contributed by atoms with Crippen LogP contribution in [0, 0.1) is 0 Å². The van der Waals surface area contributed by atoms with Gasteiger partial charge < -0.3 is 14.0 Å². The first-order valence-corrected chi connectivity index (χ1v) is 11.4. The molecule has 1 fully saturated rings. The van der Waals surface area contributed by atoms with Crippen molar-refractivity contribution in [3.05, 3.63) is 50.8 Å². The summed E-state index contributed by atoms with van der Waals surface area (Å²) in [5, 5.41) is 0. The summed E-state index contributed by atoms with van der Waals surface area (Å²) in [6.45, 7) is 1.14. The summed E-state index contributed by atoms with van der Waals surface area (Å²) in [4.78, 5) is 23.8. The first kappa shape index (κ1) is 20.7. The summed E-state index contributed by atoms with van der Waals surface area (Å²) in [7, 11) is -1.43. The van der Waals surface area contributed by atoms with Gasteiger partial charge in [-0.1, -0.05) is 18.9 Å². The van der Waals surface area contributed by atoms with Crippen LogP contribution in [-0.2, 0) is 29.5 Å². The van der Waals surface area contributed by atoms with Gasteiger partial charge in [-0.25, -0.2) is 17.9 Å². The van der Waals surface area contributed by atoms with E-state index in [1.807, 2.05) is 18.2 Å². The molecule has 2 aliphatic rings. The molecule has 0 saturated heterocycles.